The molecule has 1 amide bonds. The van der Waals surface area contributed by atoms with Crippen molar-refractivity contribution >= 4 is 11.7 Å². The second-order valence-electron chi connectivity index (χ2n) is 5.88. The topological polar surface area (TPSA) is 85.2 Å². The third-order valence-corrected chi connectivity index (χ3v) is 4.26. The monoisotopic (exact) mass is 330 g/mol. The number of hydrogen-bond donors (Lipinski definition) is 1. The van der Waals surface area contributed by atoms with Crippen molar-refractivity contribution in [3.63, 3.8) is 0 Å². The molecule has 24 heavy (non-hydrogen) atoms. The van der Waals surface area contributed by atoms with Crippen LogP contribution in [0.3, 0.4) is 0 Å². The van der Waals surface area contributed by atoms with E-state index in [1.165, 1.54) is 0 Å². The van der Waals surface area contributed by atoms with E-state index < -0.39 is 0 Å². The first-order valence-corrected chi connectivity index (χ1v) is 8.01. The molecule has 1 saturated heterocycles. The summed E-state index contributed by atoms with van der Waals surface area (Å²) < 4.78 is 7.24. The van der Waals surface area contributed by atoms with E-state index in [0.29, 0.717) is 26.2 Å². The van der Waals surface area contributed by atoms with Crippen LogP contribution in [-0.4, -0.2) is 58.8 Å². The van der Waals surface area contributed by atoms with Gasteiger partial charge in [0.05, 0.1) is 25.0 Å². The Labute approximate surface area is 140 Å². The molecule has 0 aromatic carbocycles. The van der Waals surface area contributed by atoms with Crippen LogP contribution in [0.15, 0.2) is 37.3 Å². The summed E-state index contributed by atoms with van der Waals surface area (Å²) >= 11 is 0. The first kappa shape index (κ1) is 16.4. The maximum Gasteiger partial charge on any atom is 0.225 e. The Kier molecular flexibility index (Phi) is 5.37. The molecule has 1 aliphatic heterocycles. The number of anilines is 1. The van der Waals surface area contributed by atoms with Crippen molar-refractivity contribution < 1.29 is 9.53 Å². The molecular weight excluding hydrogens is 308 g/mol. The number of amides is 1. The second kappa shape index (κ2) is 7.87. The van der Waals surface area contributed by atoms with E-state index in [2.05, 4.69) is 25.2 Å². The molecule has 0 saturated carbocycles. The summed E-state index contributed by atoms with van der Waals surface area (Å²) in [7, 11) is 1.67. The molecular formula is C16H22N6O2. The third kappa shape index (κ3) is 3.88. The Bertz CT molecular complexity index is 633. The Balaban J connectivity index is 1.58. The molecule has 0 spiro atoms. The van der Waals surface area contributed by atoms with E-state index in [-0.39, 0.29) is 17.7 Å². The molecule has 3 rings (SSSR count). The summed E-state index contributed by atoms with van der Waals surface area (Å²) in [5.41, 5.74) is 0. The van der Waals surface area contributed by atoms with Gasteiger partial charge in [0.25, 0.3) is 0 Å². The van der Waals surface area contributed by atoms with Crippen LogP contribution in [0.25, 0.3) is 0 Å². The number of carbonyl (C=O) groups is 1. The zero-order valence-electron chi connectivity index (χ0n) is 13.7. The van der Waals surface area contributed by atoms with Crippen LogP contribution >= 0.6 is 0 Å². The molecule has 1 N–H and O–H groups in total. The Morgan fingerprint density at radius 2 is 2.25 bits per heavy atom. The Morgan fingerprint density at radius 3 is 2.96 bits per heavy atom. The summed E-state index contributed by atoms with van der Waals surface area (Å²) in [5, 5.41) is 3.02. The van der Waals surface area contributed by atoms with Gasteiger partial charge in [-0.3, -0.25) is 9.78 Å². The number of nitrogens with zero attached hydrogens (tertiary/aromatic N) is 5. The van der Waals surface area contributed by atoms with Crippen LogP contribution in [0.1, 0.15) is 0 Å². The highest BCUT2D eigenvalue weighted by atomic mass is 16.5. The van der Waals surface area contributed by atoms with E-state index in [1.54, 1.807) is 38.2 Å². The second-order valence-corrected chi connectivity index (χ2v) is 5.88. The van der Waals surface area contributed by atoms with Gasteiger partial charge in [-0.15, -0.1) is 0 Å². The van der Waals surface area contributed by atoms with Crippen LogP contribution in [0.2, 0.25) is 0 Å². The van der Waals surface area contributed by atoms with Gasteiger partial charge in [-0.2, -0.15) is 0 Å². The normalized spacial score (nSPS) is 20.3. The van der Waals surface area contributed by atoms with Crippen LogP contribution in [0.4, 0.5) is 5.82 Å². The number of nitrogens with one attached hydrogen (secondary N) is 1. The maximum atomic E-state index is 12.6. The van der Waals surface area contributed by atoms with Crippen LogP contribution in [0, 0.1) is 11.8 Å². The van der Waals surface area contributed by atoms with Crippen molar-refractivity contribution in [3.8, 4) is 0 Å². The average molecular weight is 330 g/mol. The van der Waals surface area contributed by atoms with Crippen LogP contribution < -0.4 is 10.2 Å². The number of imidazole rings is 1. The van der Waals surface area contributed by atoms with Gasteiger partial charge in [-0.25, -0.2) is 9.97 Å². The van der Waals surface area contributed by atoms with Gasteiger partial charge in [0.2, 0.25) is 5.91 Å². The van der Waals surface area contributed by atoms with Crippen molar-refractivity contribution in [2.45, 2.75) is 6.54 Å². The number of aromatic nitrogens is 4. The van der Waals surface area contributed by atoms with Gasteiger partial charge in [-0.1, -0.05) is 0 Å². The first-order chi connectivity index (χ1) is 11.8. The fourth-order valence-electron chi connectivity index (χ4n) is 3.05. The quantitative estimate of drug-likeness (QED) is 0.780. The minimum Gasteiger partial charge on any atom is -0.384 e. The molecule has 0 radical (unpaired) electrons. The number of hydrogen-bond acceptors (Lipinski definition) is 6. The standard InChI is InChI=1S/C16H22N6O2/c1-24-11-13-9-22(15-8-17-2-3-19-15)10-14(13)16(23)20-5-7-21-6-4-18-12-21/h2-4,6,8,12-14H,5,7,9-11H2,1H3,(H,20,23)/t13-,14+/m0/s1. The van der Waals surface area contributed by atoms with Gasteiger partial charge < -0.3 is 19.5 Å². The molecule has 8 nitrogen and oxygen atoms in total. The Hall–Kier alpha value is -2.48. The number of methoxy groups -OCH3 is 1. The average Bonchev–Trinajstić information content (AvgIpc) is 3.26. The maximum absolute atomic E-state index is 12.6. The fourth-order valence-corrected chi connectivity index (χ4v) is 3.05. The molecule has 0 bridgehead atoms. The predicted octanol–water partition coefficient (Wildman–Crippen LogP) is 0.188. The lowest BCUT2D eigenvalue weighted by Crippen LogP contribution is -2.37. The van der Waals surface area contributed by atoms with Crippen molar-refractivity contribution in [2.24, 2.45) is 11.8 Å². The van der Waals surface area contributed by atoms with Crippen molar-refractivity contribution in [1.29, 1.82) is 0 Å². The summed E-state index contributed by atoms with van der Waals surface area (Å²) in [6.45, 7) is 3.21. The number of rotatable bonds is 7. The molecule has 2 aromatic rings. The van der Waals surface area contributed by atoms with E-state index >= 15 is 0 Å². The van der Waals surface area contributed by atoms with Gasteiger partial charge in [0, 0.05) is 64.0 Å². The SMILES string of the molecule is COC[C@@H]1CN(c2cnccn2)C[C@H]1C(=O)NCCn1ccnc1. The zero-order chi connectivity index (χ0) is 16.8. The van der Waals surface area contributed by atoms with Crippen molar-refractivity contribution in [3.05, 3.63) is 37.3 Å². The summed E-state index contributed by atoms with van der Waals surface area (Å²) in [6.07, 6.45) is 10.4. The highest BCUT2D eigenvalue weighted by Crippen LogP contribution is 2.27. The molecule has 2 aromatic heterocycles. The lowest BCUT2D eigenvalue weighted by molar-refractivity contribution is -0.126. The Morgan fingerprint density at radius 1 is 1.33 bits per heavy atom. The fraction of sp³-hybridized carbons (Fsp3) is 0.500. The largest absolute Gasteiger partial charge is 0.384 e. The number of ether oxygens (including phenoxy) is 1. The van der Waals surface area contributed by atoms with Gasteiger partial charge >= 0.3 is 0 Å². The third-order valence-electron chi connectivity index (χ3n) is 4.26. The van der Waals surface area contributed by atoms with Gasteiger partial charge in [-0.05, 0) is 0 Å². The smallest absolute Gasteiger partial charge is 0.225 e. The number of carbonyl (C=O) groups excluding carboxylic acids is 1. The molecule has 0 aliphatic carbocycles. The predicted molar refractivity (Wildman–Crippen MR) is 88.3 cm³/mol. The minimum atomic E-state index is -0.116. The lowest BCUT2D eigenvalue weighted by atomic mass is 9.96. The van der Waals surface area contributed by atoms with E-state index in [9.17, 15) is 4.79 Å². The zero-order valence-corrected chi connectivity index (χ0v) is 13.7. The molecule has 2 atom stereocenters. The highest BCUT2D eigenvalue weighted by molar-refractivity contribution is 5.80. The van der Waals surface area contributed by atoms with E-state index in [4.69, 9.17) is 4.74 Å². The molecule has 0 unspecified atom stereocenters. The molecule has 8 heteroatoms. The highest BCUT2D eigenvalue weighted by Gasteiger charge is 2.38. The van der Waals surface area contributed by atoms with Crippen molar-refractivity contribution in [2.75, 3.05) is 38.3 Å². The van der Waals surface area contributed by atoms with Crippen LogP contribution in [-0.2, 0) is 16.1 Å². The minimum absolute atomic E-state index is 0.0588. The summed E-state index contributed by atoms with van der Waals surface area (Å²) in [6, 6.07) is 0. The molecule has 128 valence electrons. The molecule has 1 aliphatic rings. The van der Waals surface area contributed by atoms with Crippen LogP contribution in [0.5, 0.6) is 0 Å². The summed E-state index contributed by atoms with van der Waals surface area (Å²) in [4.78, 5) is 27.1. The molecule has 3 heterocycles. The van der Waals surface area contributed by atoms with Gasteiger partial charge in [0.1, 0.15) is 5.82 Å². The van der Waals surface area contributed by atoms with Crippen molar-refractivity contribution in [1.82, 2.24) is 24.8 Å². The van der Waals surface area contributed by atoms with E-state index in [0.717, 1.165) is 12.4 Å². The summed E-state index contributed by atoms with van der Waals surface area (Å²) in [5.74, 6) is 0.885. The first-order valence-electron chi connectivity index (χ1n) is 8.01. The van der Waals surface area contributed by atoms with E-state index in [1.807, 2.05) is 10.8 Å². The lowest BCUT2D eigenvalue weighted by Gasteiger charge is -2.17. The molecule has 1 fully saturated rings. The van der Waals surface area contributed by atoms with Gasteiger partial charge in [0.15, 0.2) is 0 Å².